The summed E-state index contributed by atoms with van der Waals surface area (Å²) in [5.41, 5.74) is 8.75. The van der Waals surface area contributed by atoms with Gasteiger partial charge < -0.3 is 11.1 Å². The second-order valence-corrected chi connectivity index (χ2v) is 5.86. The lowest BCUT2D eigenvalue weighted by Gasteiger charge is -2.50. The summed E-state index contributed by atoms with van der Waals surface area (Å²) in [6.45, 7) is 4.44. The van der Waals surface area contributed by atoms with Crippen molar-refractivity contribution >= 4 is 5.82 Å². The Bertz CT molecular complexity index is 441. The van der Waals surface area contributed by atoms with Crippen LogP contribution in [0.5, 0.6) is 0 Å². The first kappa shape index (κ1) is 11.0. The van der Waals surface area contributed by atoms with Crippen molar-refractivity contribution < 1.29 is 0 Å². The number of nitrogens with one attached hydrogen (secondary N) is 1. The highest BCUT2D eigenvalue weighted by atomic mass is 15.1. The van der Waals surface area contributed by atoms with Crippen LogP contribution in [0.15, 0.2) is 6.33 Å². The zero-order valence-corrected chi connectivity index (χ0v) is 10.5. The first-order valence-corrected chi connectivity index (χ1v) is 6.44. The lowest BCUT2D eigenvalue weighted by molar-refractivity contribution is 0.117. The predicted octanol–water partition coefficient (Wildman–Crippen LogP) is 1.50. The molecule has 4 nitrogen and oxygen atoms in total. The molecule has 0 bridgehead atoms. The van der Waals surface area contributed by atoms with Crippen LogP contribution in [0.3, 0.4) is 0 Å². The van der Waals surface area contributed by atoms with Crippen molar-refractivity contribution in [3.05, 3.63) is 17.6 Å². The Balaban J connectivity index is 1.81. The monoisotopic (exact) mass is 232 g/mol. The molecule has 2 unspecified atom stereocenters. The van der Waals surface area contributed by atoms with Crippen molar-refractivity contribution in [3.63, 3.8) is 0 Å². The van der Waals surface area contributed by atoms with Crippen LogP contribution in [-0.2, 0) is 12.8 Å². The van der Waals surface area contributed by atoms with Crippen molar-refractivity contribution in [2.75, 3.05) is 5.32 Å². The molecule has 1 aromatic rings. The summed E-state index contributed by atoms with van der Waals surface area (Å²) in [5, 5.41) is 3.57. The molecule has 3 N–H and O–H groups in total. The number of nitrogens with zero attached hydrogens (tertiary/aromatic N) is 2. The molecule has 0 amide bonds. The number of fused-ring (bicyclic) bond motifs is 1. The molecule has 2 aliphatic carbocycles. The SMILES string of the molecule is CC1(C)C(N)CC1Nc1ncnc2c1CCC2. The van der Waals surface area contributed by atoms with Gasteiger partial charge in [-0.25, -0.2) is 9.97 Å². The lowest BCUT2D eigenvalue weighted by Crippen LogP contribution is -2.61. The van der Waals surface area contributed by atoms with Crippen LogP contribution in [0.1, 0.15) is 37.9 Å². The van der Waals surface area contributed by atoms with Crippen LogP contribution >= 0.6 is 0 Å². The minimum atomic E-state index is 0.163. The van der Waals surface area contributed by atoms with Crippen LogP contribution in [0, 0.1) is 5.41 Å². The minimum absolute atomic E-state index is 0.163. The summed E-state index contributed by atoms with van der Waals surface area (Å²) in [5.74, 6) is 1.04. The quantitative estimate of drug-likeness (QED) is 0.811. The Morgan fingerprint density at radius 1 is 1.35 bits per heavy atom. The lowest BCUT2D eigenvalue weighted by atomic mass is 9.63. The molecule has 0 aromatic carbocycles. The molecule has 2 aliphatic rings. The number of hydrogen-bond donors (Lipinski definition) is 2. The fourth-order valence-corrected chi connectivity index (χ4v) is 2.85. The van der Waals surface area contributed by atoms with Gasteiger partial charge in [-0.2, -0.15) is 0 Å². The van der Waals surface area contributed by atoms with E-state index in [0.29, 0.717) is 12.1 Å². The molecule has 17 heavy (non-hydrogen) atoms. The topological polar surface area (TPSA) is 63.8 Å². The predicted molar refractivity (Wildman–Crippen MR) is 67.8 cm³/mol. The molecule has 0 spiro atoms. The van der Waals surface area contributed by atoms with E-state index in [1.165, 1.54) is 17.7 Å². The summed E-state index contributed by atoms with van der Waals surface area (Å²) < 4.78 is 0. The smallest absolute Gasteiger partial charge is 0.133 e. The van der Waals surface area contributed by atoms with Crippen molar-refractivity contribution in [3.8, 4) is 0 Å². The molecule has 3 rings (SSSR count). The van der Waals surface area contributed by atoms with E-state index < -0.39 is 0 Å². The second kappa shape index (κ2) is 3.67. The van der Waals surface area contributed by atoms with Crippen LogP contribution in [0.25, 0.3) is 0 Å². The highest BCUT2D eigenvalue weighted by Crippen LogP contribution is 2.41. The van der Waals surface area contributed by atoms with Gasteiger partial charge in [-0.15, -0.1) is 0 Å². The molecule has 0 radical (unpaired) electrons. The number of nitrogens with two attached hydrogens (primary N) is 1. The van der Waals surface area contributed by atoms with Crippen molar-refractivity contribution in [1.82, 2.24) is 9.97 Å². The Labute approximate surface area is 102 Å². The highest BCUT2D eigenvalue weighted by molar-refractivity contribution is 5.49. The van der Waals surface area contributed by atoms with Gasteiger partial charge in [0.05, 0.1) is 0 Å². The van der Waals surface area contributed by atoms with Gasteiger partial charge in [-0.1, -0.05) is 13.8 Å². The van der Waals surface area contributed by atoms with E-state index >= 15 is 0 Å². The molecule has 4 heteroatoms. The van der Waals surface area contributed by atoms with Gasteiger partial charge >= 0.3 is 0 Å². The summed E-state index contributed by atoms with van der Waals surface area (Å²) >= 11 is 0. The second-order valence-electron chi connectivity index (χ2n) is 5.86. The maximum Gasteiger partial charge on any atom is 0.133 e. The number of rotatable bonds is 2. The third kappa shape index (κ3) is 1.62. The van der Waals surface area contributed by atoms with Crippen molar-refractivity contribution in [2.45, 2.75) is 51.6 Å². The van der Waals surface area contributed by atoms with E-state index in [4.69, 9.17) is 5.73 Å². The third-order valence-corrected chi connectivity index (χ3v) is 4.53. The molecule has 1 saturated carbocycles. The molecular weight excluding hydrogens is 212 g/mol. The first-order valence-electron chi connectivity index (χ1n) is 6.44. The molecular formula is C13H20N4. The summed E-state index contributed by atoms with van der Waals surface area (Å²) in [6, 6.07) is 0.743. The normalized spacial score (nSPS) is 29.6. The largest absolute Gasteiger partial charge is 0.366 e. The van der Waals surface area contributed by atoms with Crippen LogP contribution in [0.4, 0.5) is 5.82 Å². The van der Waals surface area contributed by atoms with Crippen LogP contribution < -0.4 is 11.1 Å². The fraction of sp³-hybridized carbons (Fsp3) is 0.692. The Morgan fingerprint density at radius 3 is 2.88 bits per heavy atom. The summed E-state index contributed by atoms with van der Waals surface area (Å²) in [4.78, 5) is 8.75. The zero-order valence-electron chi connectivity index (χ0n) is 10.5. The molecule has 0 saturated heterocycles. The molecule has 0 aliphatic heterocycles. The zero-order chi connectivity index (χ0) is 12.0. The Hall–Kier alpha value is -1.16. The van der Waals surface area contributed by atoms with Gasteiger partial charge in [0.15, 0.2) is 0 Å². The van der Waals surface area contributed by atoms with E-state index in [1.54, 1.807) is 6.33 Å². The average molecular weight is 232 g/mol. The maximum absolute atomic E-state index is 6.04. The number of aromatic nitrogens is 2. The third-order valence-electron chi connectivity index (χ3n) is 4.53. The first-order chi connectivity index (χ1) is 8.09. The van der Waals surface area contributed by atoms with Gasteiger partial charge in [0.2, 0.25) is 0 Å². The van der Waals surface area contributed by atoms with E-state index in [2.05, 4.69) is 29.1 Å². The van der Waals surface area contributed by atoms with Crippen molar-refractivity contribution in [1.29, 1.82) is 0 Å². The van der Waals surface area contributed by atoms with Crippen LogP contribution in [0.2, 0.25) is 0 Å². The molecule has 1 heterocycles. The van der Waals surface area contributed by atoms with Crippen molar-refractivity contribution in [2.24, 2.45) is 11.1 Å². The number of hydrogen-bond acceptors (Lipinski definition) is 4. The van der Waals surface area contributed by atoms with E-state index in [0.717, 1.165) is 25.1 Å². The van der Waals surface area contributed by atoms with Gasteiger partial charge in [-0.3, -0.25) is 0 Å². The van der Waals surface area contributed by atoms with E-state index in [1.807, 2.05) is 0 Å². The fourth-order valence-electron chi connectivity index (χ4n) is 2.85. The van der Waals surface area contributed by atoms with Gasteiger partial charge in [0.1, 0.15) is 12.1 Å². The van der Waals surface area contributed by atoms with Gasteiger partial charge in [0.25, 0.3) is 0 Å². The molecule has 1 aromatic heterocycles. The van der Waals surface area contributed by atoms with Crippen LogP contribution in [-0.4, -0.2) is 22.1 Å². The maximum atomic E-state index is 6.04. The average Bonchev–Trinajstić information content (AvgIpc) is 2.77. The molecule has 1 fully saturated rings. The molecule has 92 valence electrons. The summed E-state index contributed by atoms with van der Waals surface area (Å²) in [7, 11) is 0. The van der Waals surface area contributed by atoms with E-state index in [9.17, 15) is 0 Å². The minimum Gasteiger partial charge on any atom is -0.366 e. The Kier molecular flexibility index (Phi) is 2.36. The molecule has 2 atom stereocenters. The standard InChI is InChI=1S/C13H20N4/c1-13(2)10(14)6-11(13)17-12-8-4-3-5-9(8)15-7-16-12/h7,10-11H,3-6,14H2,1-2H3,(H,15,16,17). The van der Waals surface area contributed by atoms with Gasteiger partial charge in [-0.05, 0) is 25.7 Å². The van der Waals surface area contributed by atoms with E-state index in [-0.39, 0.29) is 5.41 Å². The number of anilines is 1. The van der Waals surface area contributed by atoms with Gasteiger partial charge in [0, 0.05) is 28.8 Å². The highest BCUT2D eigenvalue weighted by Gasteiger charge is 2.46. The summed E-state index contributed by atoms with van der Waals surface area (Å²) in [6.07, 6.45) is 6.12. The Morgan fingerprint density at radius 2 is 2.18 bits per heavy atom. The number of aryl methyl sites for hydroxylation is 1.